The molecule has 2 amide bonds. The van der Waals surface area contributed by atoms with Gasteiger partial charge in [-0.05, 0) is 5.56 Å². The number of fused-ring (bicyclic) bond motifs is 1. The highest BCUT2D eigenvalue weighted by Gasteiger charge is 2.54. The van der Waals surface area contributed by atoms with Crippen LogP contribution in [0.4, 0.5) is 0 Å². The number of carboxylic acids is 1. The maximum absolute atomic E-state index is 12.7. The van der Waals surface area contributed by atoms with E-state index in [4.69, 9.17) is 0 Å². The highest BCUT2D eigenvalue weighted by molar-refractivity contribution is 8.18. The predicted molar refractivity (Wildman–Crippen MR) is 116 cm³/mol. The Hall–Kier alpha value is -2.48. The lowest BCUT2D eigenvalue weighted by Gasteiger charge is -2.49. The van der Waals surface area contributed by atoms with Gasteiger partial charge in [-0.1, -0.05) is 42.1 Å². The van der Waals surface area contributed by atoms with Crippen LogP contribution in [0.3, 0.4) is 0 Å². The number of aromatic amines is 1. The number of nitrogens with zero attached hydrogens (tertiary/aromatic N) is 3. The quantitative estimate of drug-likeness (QED) is 0.246. The Kier molecular flexibility index (Phi) is 6.55. The van der Waals surface area contributed by atoms with Gasteiger partial charge in [-0.3, -0.25) is 14.5 Å². The minimum atomic E-state index is -1.41. The molecule has 1 aromatic carbocycles. The molecule has 2 aliphatic rings. The topological polar surface area (TPSA) is 149 Å². The third-order valence-corrected chi connectivity index (χ3v) is 8.21. The van der Waals surface area contributed by atoms with E-state index >= 15 is 0 Å². The van der Waals surface area contributed by atoms with Crippen LogP contribution in [0, 0.1) is 0 Å². The summed E-state index contributed by atoms with van der Waals surface area (Å²) in [7, 11) is 0. The van der Waals surface area contributed by atoms with Crippen molar-refractivity contribution in [1.82, 2.24) is 25.6 Å². The SMILES string of the molecule is O=C(O)C1=C(SCSc2cn[nH]n2)CS[C@@H]2[C@H](NC(=O)C(O)c3ccccc3)C(=O)N12. The number of aliphatic carboxylic acids is 1. The first-order chi connectivity index (χ1) is 15.0. The Labute approximate surface area is 189 Å². The van der Waals surface area contributed by atoms with Crippen molar-refractivity contribution >= 4 is 53.1 Å². The van der Waals surface area contributed by atoms with Crippen molar-refractivity contribution in [1.29, 1.82) is 0 Å². The molecular formula is C18H17N5O5S3. The van der Waals surface area contributed by atoms with Gasteiger partial charge in [-0.25, -0.2) is 4.79 Å². The first kappa shape index (κ1) is 21.7. The molecule has 0 saturated carbocycles. The molecule has 1 fully saturated rings. The summed E-state index contributed by atoms with van der Waals surface area (Å²) in [5.74, 6) is -2.00. The zero-order valence-electron chi connectivity index (χ0n) is 15.8. The molecular weight excluding hydrogens is 462 g/mol. The van der Waals surface area contributed by atoms with Gasteiger partial charge in [0.1, 0.15) is 22.1 Å². The Morgan fingerprint density at radius 3 is 2.77 bits per heavy atom. The number of aromatic nitrogens is 3. The molecule has 0 bridgehead atoms. The van der Waals surface area contributed by atoms with Gasteiger partial charge in [-0.15, -0.1) is 28.6 Å². The van der Waals surface area contributed by atoms with Crippen LogP contribution in [0.5, 0.6) is 0 Å². The van der Waals surface area contributed by atoms with Crippen LogP contribution < -0.4 is 5.32 Å². The number of carbonyl (C=O) groups is 3. The molecule has 4 rings (SSSR count). The van der Waals surface area contributed by atoms with E-state index in [1.54, 1.807) is 36.5 Å². The average molecular weight is 480 g/mol. The van der Waals surface area contributed by atoms with Crippen molar-refractivity contribution in [3.63, 3.8) is 0 Å². The fourth-order valence-electron chi connectivity index (χ4n) is 3.14. The fraction of sp³-hybridized carbons (Fsp3) is 0.278. The van der Waals surface area contributed by atoms with E-state index in [2.05, 4.69) is 20.7 Å². The molecule has 31 heavy (non-hydrogen) atoms. The number of carbonyl (C=O) groups excluding carboxylic acids is 2. The third kappa shape index (κ3) is 4.44. The normalized spacial score (nSPS) is 21.3. The number of benzene rings is 1. The highest BCUT2D eigenvalue weighted by atomic mass is 32.2. The molecule has 2 aliphatic heterocycles. The average Bonchev–Trinajstić information content (AvgIpc) is 3.30. The van der Waals surface area contributed by atoms with Gasteiger partial charge in [0.05, 0.1) is 11.3 Å². The lowest BCUT2D eigenvalue weighted by Crippen LogP contribution is -2.70. The van der Waals surface area contributed by atoms with Gasteiger partial charge < -0.3 is 15.5 Å². The number of aliphatic hydroxyl groups is 1. The molecule has 13 heteroatoms. The van der Waals surface area contributed by atoms with Crippen LogP contribution in [0.1, 0.15) is 11.7 Å². The lowest BCUT2D eigenvalue weighted by atomic mass is 10.0. The van der Waals surface area contributed by atoms with Gasteiger partial charge >= 0.3 is 5.97 Å². The smallest absolute Gasteiger partial charge is 0.353 e. The Balaban J connectivity index is 1.42. The number of nitrogens with one attached hydrogen (secondary N) is 2. The predicted octanol–water partition coefficient (Wildman–Crippen LogP) is 1.02. The van der Waals surface area contributed by atoms with Crippen LogP contribution in [-0.2, 0) is 14.4 Å². The molecule has 162 valence electrons. The zero-order valence-corrected chi connectivity index (χ0v) is 18.2. The zero-order chi connectivity index (χ0) is 22.0. The summed E-state index contributed by atoms with van der Waals surface area (Å²) in [6.45, 7) is 0. The third-order valence-electron chi connectivity index (χ3n) is 4.63. The first-order valence-electron chi connectivity index (χ1n) is 9.03. The van der Waals surface area contributed by atoms with Crippen LogP contribution in [-0.4, -0.2) is 70.6 Å². The Morgan fingerprint density at radius 1 is 1.32 bits per heavy atom. The van der Waals surface area contributed by atoms with Gasteiger partial charge in [0, 0.05) is 10.7 Å². The van der Waals surface area contributed by atoms with E-state index in [0.29, 0.717) is 26.3 Å². The van der Waals surface area contributed by atoms with Crippen molar-refractivity contribution in [2.24, 2.45) is 0 Å². The first-order valence-corrected chi connectivity index (χ1v) is 12.0. The van der Waals surface area contributed by atoms with E-state index in [9.17, 15) is 24.6 Å². The van der Waals surface area contributed by atoms with Crippen LogP contribution in [0.2, 0.25) is 0 Å². The van der Waals surface area contributed by atoms with Crippen molar-refractivity contribution in [2.45, 2.75) is 22.5 Å². The van der Waals surface area contributed by atoms with Crippen LogP contribution in [0.15, 0.2) is 52.2 Å². The fourth-order valence-corrected chi connectivity index (χ4v) is 6.72. The molecule has 1 aromatic heterocycles. The lowest BCUT2D eigenvalue weighted by molar-refractivity contribution is -0.151. The van der Waals surface area contributed by atoms with Crippen molar-refractivity contribution in [3.05, 3.63) is 52.7 Å². The largest absolute Gasteiger partial charge is 0.477 e. The number of carboxylic acid groups (broad SMARTS) is 1. The highest BCUT2D eigenvalue weighted by Crippen LogP contribution is 2.44. The number of β-lactam (4-membered cyclic amide) rings is 1. The number of aliphatic hydroxyl groups excluding tert-OH is 1. The van der Waals surface area contributed by atoms with E-state index in [1.165, 1.54) is 40.2 Å². The molecule has 0 spiro atoms. The number of rotatable bonds is 8. The maximum atomic E-state index is 12.7. The second kappa shape index (κ2) is 9.34. The summed E-state index contributed by atoms with van der Waals surface area (Å²) >= 11 is 4.10. The molecule has 3 atom stereocenters. The van der Waals surface area contributed by atoms with Crippen molar-refractivity contribution < 1.29 is 24.6 Å². The number of amides is 2. The number of hydrogen-bond donors (Lipinski definition) is 4. The molecule has 10 nitrogen and oxygen atoms in total. The van der Waals surface area contributed by atoms with E-state index in [0.717, 1.165) is 0 Å². The molecule has 3 heterocycles. The van der Waals surface area contributed by atoms with Crippen molar-refractivity contribution in [3.8, 4) is 0 Å². The molecule has 0 aliphatic carbocycles. The number of hydrogen-bond acceptors (Lipinski definition) is 9. The molecule has 0 radical (unpaired) electrons. The van der Waals surface area contributed by atoms with E-state index in [1.807, 2.05) is 0 Å². The van der Waals surface area contributed by atoms with E-state index < -0.39 is 35.3 Å². The van der Waals surface area contributed by atoms with Gasteiger partial charge in [0.25, 0.3) is 11.8 Å². The van der Waals surface area contributed by atoms with Crippen LogP contribution >= 0.6 is 35.3 Å². The summed E-state index contributed by atoms with van der Waals surface area (Å²) < 4.78 is 0. The standard InChI is InChI=1S/C18H17N5O5S3/c24-14(9-4-2-1-3-5-9)15(25)20-12-16(26)23-13(18(27)28)10(7-29-17(12)23)30-8-31-11-6-19-22-21-11/h1-6,12,14,17,24H,7-8H2,(H,20,25)(H,27,28)(H,19,21,22)/t12-,14?,17-/m1/s1. The molecule has 1 saturated heterocycles. The monoisotopic (exact) mass is 479 g/mol. The van der Waals surface area contributed by atoms with Gasteiger partial charge in [0.2, 0.25) is 0 Å². The summed E-state index contributed by atoms with van der Waals surface area (Å²) in [6, 6.07) is 7.49. The summed E-state index contributed by atoms with van der Waals surface area (Å²) in [6.07, 6.45) is 0.158. The molecule has 2 aromatic rings. The summed E-state index contributed by atoms with van der Waals surface area (Å²) in [5, 5.41) is 33.3. The maximum Gasteiger partial charge on any atom is 0.353 e. The Morgan fingerprint density at radius 2 is 2.10 bits per heavy atom. The molecule has 4 N–H and O–H groups in total. The van der Waals surface area contributed by atoms with Crippen LogP contribution in [0.25, 0.3) is 0 Å². The Bertz CT molecular complexity index is 1020. The summed E-state index contributed by atoms with van der Waals surface area (Å²) in [4.78, 5) is 38.8. The van der Waals surface area contributed by atoms with E-state index in [-0.39, 0.29) is 5.70 Å². The minimum Gasteiger partial charge on any atom is -0.477 e. The van der Waals surface area contributed by atoms with Crippen molar-refractivity contribution in [2.75, 3.05) is 10.8 Å². The second-order valence-corrected chi connectivity index (χ2v) is 10.0. The molecule has 1 unspecified atom stereocenters. The number of thioether (sulfide) groups is 3. The van der Waals surface area contributed by atoms with Gasteiger partial charge in [0.15, 0.2) is 6.10 Å². The minimum absolute atomic E-state index is 0.0615. The summed E-state index contributed by atoms with van der Waals surface area (Å²) in [5.41, 5.74) is 0.350. The number of H-pyrrole nitrogens is 1. The van der Waals surface area contributed by atoms with Gasteiger partial charge in [-0.2, -0.15) is 10.3 Å². The second-order valence-electron chi connectivity index (χ2n) is 6.50.